The van der Waals surface area contributed by atoms with Crippen LogP contribution >= 0.6 is 11.3 Å². The maximum atomic E-state index is 12.1. The lowest BCUT2D eigenvalue weighted by Gasteiger charge is -2.31. The number of aryl methyl sites for hydroxylation is 1. The Labute approximate surface area is 120 Å². The molecule has 2 aromatic heterocycles. The molecule has 7 heteroatoms. The first-order valence-electron chi connectivity index (χ1n) is 6.59. The number of nitrogens with zero attached hydrogens (tertiary/aromatic N) is 3. The van der Waals surface area contributed by atoms with Crippen LogP contribution in [0.5, 0.6) is 0 Å². The summed E-state index contributed by atoms with van der Waals surface area (Å²) in [4.78, 5) is 19.5. The molecule has 1 unspecified atom stereocenters. The molecule has 3 rings (SSSR count). The third kappa shape index (κ3) is 2.62. The number of rotatable bonds is 3. The van der Waals surface area contributed by atoms with Gasteiger partial charge >= 0.3 is 0 Å². The molecule has 6 nitrogen and oxygen atoms in total. The van der Waals surface area contributed by atoms with Crippen LogP contribution in [0.4, 0.5) is 0 Å². The van der Waals surface area contributed by atoms with Crippen molar-refractivity contribution < 1.29 is 9.84 Å². The van der Waals surface area contributed by atoms with E-state index in [-0.39, 0.29) is 18.3 Å². The Kier molecular flexibility index (Phi) is 3.84. The minimum Gasteiger partial charge on any atom is -0.394 e. The number of aliphatic hydroxyl groups excluding tert-OH is 1. The van der Waals surface area contributed by atoms with Gasteiger partial charge in [-0.05, 0) is 6.92 Å². The summed E-state index contributed by atoms with van der Waals surface area (Å²) in [5.74, 6) is 0. The molecule has 1 N–H and O–H groups in total. The number of ether oxygens (including phenoxy) is 1. The molecule has 0 aromatic carbocycles. The molecule has 1 fully saturated rings. The summed E-state index contributed by atoms with van der Waals surface area (Å²) in [6, 6.07) is 1.59. The maximum absolute atomic E-state index is 12.1. The summed E-state index contributed by atoms with van der Waals surface area (Å²) in [5.41, 5.74) is 1.66. The quantitative estimate of drug-likeness (QED) is 0.879. The molecule has 0 radical (unpaired) electrons. The Hall–Kier alpha value is -1.28. The zero-order valence-electron chi connectivity index (χ0n) is 11.3. The van der Waals surface area contributed by atoms with Crippen LogP contribution in [0.1, 0.15) is 11.4 Å². The summed E-state index contributed by atoms with van der Waals surface area (Å²) in [5, 5.41) is 11.1. The van der Waals surface area contributed by atoms with Gasteiger partial charge in [0.25, 0.3) is 5.56 Å². The third-order valence-electron chi connectivity index (χ3n) is 3.44. The van der Waals surface area contributed by atoms with Crippen LogP contribution in [0.2, 0.25) is 0 Å². The van der Waals surface area contributed by atoms with E-state index < -0.39 is 0 Å². The van der Waals surface area contributed by atoms with Gasteiger partial charge in [-0.15, -0.1) is 11.3 Å². The summed E-state index contributed by atoms with van der Waals surface area (Å²) >= 11 is 1.48. The van der Waals surface area contributed by atoms with Crippen LogP contribution in [0, 0.1) is 6.92 Å². The highest BCUT2D eigenvalue weighted by molar-refractivity contribution is 7.15. The standard InChI is InChI=1S/C13H17N3O3S/c1-9-8-20-13-14-10(4-12(18)16(9)13)5-15-2-3-19-11(6-15)7-17/h4,8,11,17H,2-3,5-7H2,1H3. The fourth-order valence-corrected chi connectivity index (χ4v) is 3.34. The number of fused-ring (bicyclic) bond motifs is 1. The SMILES string of the molecule is Cc1csc2nc(CN3CCOC(CO)C3)cc(=O)n12. The number of aromatic nitrogens is 2. The van der Waals surface area contributed by atoms with Crippen molar-refractivity contribution in [1.29, 1.82) is 0 Å². The van der Waals surface area contributed by atoms with Gasteiger partial charge in [-0.3, -0.25) is 14.1 Å². The van der Waals surface area contributed by atoms with Crippen LogP contribution in [-0.2, 0) is 11.3 Å². The van der Waals surface area contributed by atoms with Gasteiger partial charge in [0, 0.05) is 36.8 Å². The largest absolute Gasteiger partial charge is 0.394 e. The summed E-state index contributed by atoms with van der Waals surface area (Å²) in [7, 11) is 0. The van der Waals surface area contributed by atoms with E-state index in [9.17, 15) is 4.79 Å². The van der Waals surface area contributed by atoms with E-state index in [1.807, 2.05) is 12.3 Å². The van der Waals surface area contributed by atoms with Crippen molar-refractivity contribution in [3.8, 4) is 0 Å². The average Bonchev–Trinajstić information content (AvgIpc) is 2.81. The van der Waals surface area contributed by atoms with Gasteiger partial charge in [-0.25, -0.2) is 4.98 Å². The van der Waals surface area contributed by atoms with Crippen molar-refractivity contribution in [1.82, 2.24) is 14.3 Å². The zero-order valence-corrected chi connectivity index (χ0v) is 12.1. The summed E-state index contributed by atoms with van der Waals surface area (Å²) in [6.45, 7) is 4.60. The van der Waals surface area contributed by atoms with Crippen LogP contribution in [0.3, 0.4) is 0 Å². The van der Waals surface area contributed by atoms with Crippen molar-refractivity contribution in [2.75, 3.05) is 26.3 Å². The van der Waals surface area contributed by atoms with Gasteiger partial charge in [0.1, 0.15) is 0 Å². The monoisotopic (exact) mass is 295 g/mol. The van der Waals surface area contributed by atoms with Crippen LogP contribution < -0.4 is 5.56 Å². The zero-order chi connectivity index (χ0) is 14.1. The molecule has 0 aliphatic carbocycles. The second-order valence-corrected chi connectivity index (χ2v) is 5.83. The highest BCUT2D eigenvalue weighted by Gasteiger charge is 2.20. The summed E-state index contributed by atoms with van der Waals surface area (Å²) < 4.78 is 7.05. The van der Waals surface area contributed by atoms with E-state index >= 15 is 0 Å². The molecule has 1 saturated heterocycles. The topological polar surface area (TPSA) is 67.1 Å². The van der Waals surface area contributed by atoms with E-state index in [1.54, 1.807) is 10.5 Å². The predicted octanol–water partition coefficient (Wildman–Crippen LogP) is 0.258. The Morgan fingerprint density at radius 2 is 2.45 bits per heavy atom. The normalized spacial score (nSPS) is 20.6. The number of hydrogen-bond acceptors (Lipinski definition) is 6. The van der Waals surface area contributed by atoms with Crippen molar-refractivity contribution >= 4 is 16.3 Å². The molecule has 1 aliphatic rings. The molecule has 3 heterocycles. The third-order valence-corrected chi connectivity index (χ3v) is 4.38. The Morgan fingerprint density at radius 3 is 3.25 bits per heavy atom. The van der Waals surface area contributed by atoms with E-state index in [2.05, 4.69) is 9.88 Å². The molecule has 0 saturated carbocycles. The fraction of sp³-hybridized carbons (Fsp3) is 0.538. The number of thiazole rings is 1. The first kappa shape index (κ1) is 13.7. The van der Waals surface area contributed by atoms with Crippen molar-refractivity contribution in [2.24, 2.45) is 0 Å². The van der Waals surface area contributed by atoms with Crippen molar-refractivity contribution in [3.05, 3.63) is 33.2 Å². The molecule has 1 atom stereocenters. The Balaban J connectivity index is 1.82. The minimum absolute atomic E-state index is 0.0236. The Bertz CT molecular complexity index is 666. The molecule has 0 spiro atoms. The smallest absolute Gasteiger partial charge is 0.259 e. The van der Waals surface area contributed by atoms with E-state index in [4.69, 9.17) is 9.84 Å². The number of morpholine rings is 1. The molecular weight excluding hydrogens is 278 g/mol. The number of aliphatic hydroxyl groups is 1. The van der Waals surface area contributed by atoms with E-state index in [0.29, 0.717) is 19.7 Å². The molecule has 0 amide bonds. The van der Waals surface area contributed by atoms with E-state index in [0.717, 1.165) is 22.9 Å². The van der Waals surface area contributed by atoms with Gasteiger partial charge in [0.05, 0.1) is 25.0 Å². The second-order valence-electron chi connectivity index (χ2n) is 4.99. The van der Waals surface area contributed by atoms with Gasteiger partial charge in [0.2, 0.25) is 0 Å². The number of hydrogen-bond donors (Lipinski definition) is 1. The van der Waals surface area contributed by atoms with Gasteiger partial charge in [0.15, 0.2) is 4.96 Å². The molecule has 2 aromatic rings. The van der Waals surface area contributed by atoms with E-state index in [1.165, 1.54) is 11.3 Å². The molecule has 108 valence electrons. The lowest BCUT2D eigenvalue weighted by molar-refractivity contribution is -0.0553. The van der Waals surface area contributed by atoms with Crippen LogP contribution in [0.15, 0.2) is 16.2 Å². The highest BCUT2D eigenvalue weighted by Crippen LogP contribution is 2.13. The first-order valence-corrected chi connectivity index (χ1v) is 7.47. The molecule has 0 bridgehead atoms. The second kappa shape index (κ2) is 5.61. The average molecular weight is 295 g/mol. The molecule has 1 aliphatic heterocycles. The van der Waals surface area contributed by atoms with Crippen molar-refractivity contribution in [3.63, 3.8) is 0 Å². The maximum Gasteiger partial charge on any atom is 0.259 e. The lowest BCUT2D eigenvalue weighted by Crippen LogP contribution is -2.43. The van der Waals surface area contributed by atoms with Crippen LogP contribution in [0.25, 0.3) is 4.96 Å². The molecular formula is C13H17N3O3S. The fourth-order valence-electron chi connectivity index (χ4n) is 2.45. The lowest BCUT2D eigenvalue weighted by atomic mass is 10.2. The minimum atomic E-state index is -0.141. The van der Waals surface area contributed by atoms with Crippen molar-refractivity contribution in [2.45, 2.75) is 19.6 Å². The van der Waals surface area contributed by atoms with Gasteiger partial charge in [-0.2, -0.15) is 0 Å². The first-order chi connectivity index (χ1) is 9.67. The van der Waals surface area contributed by atoms with Gasteiger partial charge < -0.3 is 9.84 Å². The van der Waals surface area contributed by atoms with Gasteiger partial charge in [-0.1, -0.05) is 0 Å². The Morgan fingerprint density at radius 1 is 1.60 bits per heavy atom. The molecule has 20 heavy (non-hydrogen) atoms. The summed E-state index contributed by atoms with van der Waals surface area (Å²) in [6.07, 6.45) is -0.141. The van der Waals surface area contributed by atoms with Crippen LogP contribution in [-0.4, -0.2) is 51.8 Å². The highest BCUT2D eigenvalue weighted by atomic mass is 32.1. The predicted molar refractivity (Wildman–Crippen MR) is 76.2 cm³/mol.